The molecule has 0 aliphatic rings. The number of esters is 1. The van der Waals surface area contributed by atoms with E-state index in [2.05, 4.69) is 20.8 Å². The molecule has 0 bridgehead atoms. The Morgan fingerprint density at radius 2 is 1.07 bits per heavy atom. The van der Waals surface area contributed by atoms with Crippen molar-refractivity contribution in [2.24, 2.45) is 0 Å². The van der Waals surface area contributed by atoms with Gasteiger partial charge in [0.25, 0.3) is 0 Å². The summed E-state index contributed by atoms with van der Waals surface area (Å²) in [5, 5.41) is 0. The molecule has 0 rings (SSSR count). The normalized spacial score (nSPS) is 11.7. The first-order valence-corrected chi connectivity index (χ1v) is 11.5. The number of carbonyl (C=O) groups excluding carboxylic acids is 1. The van der Waals surface area contributed by atoms with Gasteiger partial charge in [-0.2, -0.15) is 0 Å². The van der Waals surface area contributed by atoms with Gasteiger partial charge in [-0.1, -0.05) is 97.0 Å². The molecule has 0 aliphatic heterocycles. The summed E-state index contributed by atoms with van der Waals surface area (Å²) in [7, 11) is 0. The average Bonchev–Trinajstić information content (AvgIpc) is 2.65. The molecule has 0 aromatic carbocycles. The molecule has 0 aromatic rings. The fourth-order valence-corrected chi connectivity index (χ4v) is 3.28. The van der Waals surface area contributed by atoms with Crippen molar-refractivity contribution in [3.8, 4) is 0 Å². The third kappa shape index (κ3) is 17.8. The van der Waals surface area contributed by atoms with Crippen LogP contribution in [0.4, 0.5) is 0 Å². The van der Waals surface area contributed by atoms with E-state index in [-0.39, 0.29) is 29.9 Å². The average molecular weight is 487 g/mol. The fourth-order valence-electron chi connectivity index (χ4n) is 3.28. The summed E-state index contributed by atoms with van der Waals surface area (Å²) in [6, 6.07) is 0. The Labute approximate surface area is 187 Å². The number of unbranched alkanes of at least 4 members (excludes halogenated alkanes) is 11. The zero-order valence-corrected chi connectivity index (χ0v) is 23.1. The van der Waals surface area contributed by atoms with Crippen molar-refractivity contribution in [2.75, 3.05) is 6.61 Å². The molecule has 27 heavy (non-hydrogen) atoms. The number of hydrogen-bond acceptors (Lipinski definition) is 2. The molecule has 0 N–H and O–H groups in total. The SMILES string of the molecule is CCCCCCCCCCCCC(CCCC)=C(C)C(=O)OCCCC.[SnH2]. The van der Waals surface area contributed by atoms with Crippen LogP contribution in [0.3, 0.4) is 0 Å². The van der Waals surface area contributed by atoms with Crippen LogP contribution >= 0.6 is 0 Å². The molecule has 0 spiro atoms. The second-order valence-corrected chi connectivity index (χ2v) is 7.75. The van der Waals surface area contributed by atoms with Crippen molar-refractivity contribution < 1.29 is 9.53 Å². The molecule has 0 heterocycles. The summed E-state index contributed by atoms with van der Waals surface area (Å²) in [5.74, 6) is -0.0865. The van der Waals surface area contributed by atoms with Crippen molar-refractivity contribution in [1.82, 2.24) is 0 Å². The Morgan fingerprint density at radius 3 is 1.59 bits per heavy atom. The Morgan fingerprint density at radius 1 is 0.630 bits per heavy atom. The van der Waals surface area contributed by atoms with Crippen LogP contribution in [0, 0.1) is 0 Å². The summed E-state index contributed by atoms with van der Waals surface area (Å²) in [4.78, 5) is 12.2. The third-order valence-electron chi connectivity index (χ3n) is 5.23. The third-order valence-corrected chi connectivity index (χ3v) is 5.23. The quantitative estimate of drug-likeness (QED) is 0.0883. The molecule has 0 saturated carbocycles. The van der Waals surface area contributed by atoms with E-state index in [1.165, 1.54) is 82.6 Å². The Bertz CT molecular complexity index is 363. The predicted octanol–water partition coefficient (Wildman–Crippen LogP) is 7.23. The summed E-state index contributed by atoms with van der Waals surface area (Å²) in [6.07, 6.45) is 20.1. The molecular weight excluding hydrogens is 439 g/mol. The molecule has 0 fully saturated rings. The van der Waals surface area contributed by atoms with Crippen LogP contribution in [-0.2, 0) is 9.53 Å². The van der Waals surface area contributed by atoms with Gasteiger partial charge < -0.3 is 4.74 Å². The molecule has 0 saturated heterocycles. The molecule has 2 nitrogen and oxygen atoms in total. The van der Waals surface area contributed by atoms with Crippen LogP contribution in [0.1, 0.15) is 130 Å². The number of ether oxygens (including phenoxy) is 1. The van der Waals surface area contributed by atoms with Crippen molar-refractivity contribution in [1.29, 1.82) is 0 Å². The van der Waals surface area contributed by atoms with Crippen molar-refractivity contribution in [3.63, 3.8) is 0 Å². The van der Waals surface area contributed by atoms with E-state index in [1.807, 2.05) is 6.92 Å². The zero-order valence-electron chi connectivity index (χ0n) is 19.0. The van der Waals surface area contributed by atoms with Gasteiger partial charge in [0.1, 0.15) is 0 Å². The van der Waals surface area contributed by atoms with E-state index < -0.39 is 0 Å². The second kappa shape index (κ2) is 22.3. The Hall–Kier alpha value is 0.00870. The summed E-state index contributed by atoms with van der Waals surface area (Å²) < 4.78 is 5.41. The molecular formula is C24H48O2Sn. The first kappa shape index (κ1) is 29.2. The van der Waals surface area contributed by atoms with Gasteiger partial charge in [-0.15, -0.1) is 0 Å². The maximum atomic E-state index is 12.2. The van der Waals surface area contributed by atoms with Gasteiger partial charge in [0.05, 0.1) is 6.61 Å². The second-order valence-electron chi connectivity index (χ2n) is 7.75. The summed E-state index contributed by atoms with van der Waals surface area (Å²) in [5.41, 5.74) is 2.22. The Balaban J connectivity index is 0. The van der Waals surface area contributed by atoms with Gasteiger partial charge in [0, 0.05) is 5.57 Å². The van der Waals surface area contributed by atoms with Crippen LogP contribution in [0.25, 0.3) is 0 Å². The van der Waals surface area contributed by atoms with E-state index in [1.54, 1.807) is 0 Å². The molecule has 3 heteroatoms. The van der Waals surface area contributed by atoms with Crippen LogP contribution in [0.5, 0.6) is 0 Å². The molecule has 2 radical (unpaired) electrons. The van der Waals surface area contributed by atoms with Crippen molar-refractivity contribution in [2.45, 2.75) is 130 Å². The van der Waals surface area contributed by atoms with E-state index in [9.17, 15) is 4.79 Å². The molecule has 160 valence electrons. The van der Waals surface area contributed by atoms with E-state index >= 15 is 0 Å². The maximum absolute atomic E-state index is 12.2. The van der Waals surface area contributed by atoms with Gasteiger partial charge in [-0.25, -0.2) is 4.79 Å². The first-order chi connectivity index (χ1) is 12.7. The van der Waals surface area contributed by atoms with Gasteiger partial charge in [0.15, 0.2) is 0 Å². The van der Waals surface area contributed by atoms with E-state index in [0.29, 0.717) is 6.61 Å². The number of rotatable bonds is 18. The van der Waals surface area contributed by atoms with Crippen LogP contribution < -0.4 is 0 Å². The fraction of sp³-hybridized carbons (Fsp3) is 0.875. The molecule has 0 aliphatic carbocycles. The van der Waals surface area contributed by atoms with E-state index in [0.717, 1.165) is 31.3 Å². The Kier molecular flexibility index (Phi) is 24.1. The summed E-state index contributed by atoms with van der Waals surface area (Å²) >= 11 is 0. The minimum absolute atomic E-state index is 0. The zero-order chi connectivity index (χ0) is 19.5. The predicted molar refractivity (Wildman–Crippen MR) is 123 cm³/mol. The topological polar surface area (TPSA) is 26.3 Å². The standard InChI is InChI=1S/C24H46O2.Sn.2H/c1-5-8-11-12-13-14-15-16-17-18-20-23(19-9-6-2)22(4)24(25)26-21-10-7-3;;;/h5-21H2,1-4H3;;;. The van der Waals surface area contributed by atoms with Gasteiger partial charge in [-0.3, -0.25) is 0 Å². The van der Waals surface area contributed by atoms with Crippen LogP contribution in [0.15, 0.2) is 11.1 Å². The van der Waals surface area contributed by atoms with Crippen LogP contribution in [0.2, 0.25) is 0 Å². The first-order valence-electron chi connectivity index (χ1n) is 11.5. The monoisotopic (exact) mass is 488 g/mol. The number of allylic oxidation sites excluding steroid dienone is 1. The van der Waals surface area contributed by atoms with Gasteiger partial charge in [-0.05, 0) is 39.0 Å². The van der Waals surface area contributed by atoms with Crippen molar-refractivity contribution in [3.05, 3.63) is 11.1 Å². The minimum atomic E-state index is -0.0865. The van der Waals surface area contributed by atoms with Gasteiger partial charge >= 0.3 is 29.9 Å². The number of hydrogen-bond donors (Lipinski definition) is 0. The summed E-state index contributed by atoms with van der Waals surface area (Å²) in [6.45, 7) is 9.14. The van der Waals surface area contributed by atoms with Gasteiger partial charge in [0.2, 0.25) is 0 Å². The molecule has 0 unspecified atom stereocenters. The van der Waals surface area contributed by atoms with Crippen LogP contribution in [-0.4, -0.2) is 36.5 Å². The molecule has 0 atom stereocenters. The van der Waals surface area contributed by atoms with Crippen molar-refractivity contribution >= 4 is 29.9 Å². The molecule has 0 aromatic heterocycles. The number of carbonyl (C=O) groups is 1. The molecule has 0 amide bonds. The van der Waals surface area contributed by atoms with E-state index in [4.69, 9.17) is 4.74 Å².